The number of aliphatic hydroxyl groups excluding tert-OH is 4. The number of thioether (sulfide) groups is 1. The normalized spacial score (nSPS) is 33.3. The maximum Gasteiger partial charge on any atom is 0.244 e. The lowest BCUT2D eigenvalue weighted by Crippen LogP contribution is -2.59. The highest BCUT2D eigenvalue weighted by atomic mass is 32.2. The van der Waals surface area contributed by atoms with Gasteiger partial charge in [0.25, 0.3) is 0 Å². The molecule has 9 heteroatoms. The molecule has 0 unspecified atom stereocenters. The summed E-state index contributed by atoms with van der Waals surface area (Å²) in [6.07, 6.45) is -3.31. The second kappa shape index (κ2) is 9.36. The van der Waals surface area contributed by atoms with Gasteiger partial charge in [-0.1, -0.05) is 0 Å². The van der Waals surface area contributed by atoms with E-state index in [1.807, 2.05) is 6.26 Å². The summed E-state index contributed by atoms with van der Waals surface area (Å²) in [6, 6.07) is 0. The lowest BCUT2D eigenvalue weighted by Gasteiger charge is -2.39. The van der Waals surface area contributed by atoms with Crippen molar-refractivity contribution in [2.45, 2.75) is 30.7 Å². The van der Waals surface area contributed by atoms with Gasteiger partial charge in [-0.2, -0.15) is 0 Å². The summed E-state index contributed by atoms with van der Waals surface area (Å²) in [5.74, 6) is -0.276. The third kappa shape index (κ3) is 5.55. The number of rotatable bonds is 7. The van der Waals surface area contributed by atoms with E-state index >= 15 is 0 Å². The van der Waals surface area contributed by atoms with Crippen LogP contribution in [0.3, 0.4) is 0 Å². The summed E-state index contributed by atoms with van der Waals surface area (Å²) in [7, 11) is 0. The molecule has 0 saturated carbocycles. The Morgan fingerprint density at radius 3 is 2.67 bits per heavy atom. The van der Waals surface area contributed by atoms with Gasteiger partial charge >= 0.3 is 0 Å². The third-order valence-electron chi connectivity index (χ3n) is 2.89. The Morgan fingerprint density at radius 2 is 2.05 bits per heavy atom. The Hall–Kier alpha value is -0.680. The van der Waals surface area contributed by atoms with Crippen molar-refractivity contribution >= 4 is 17.7 Å². The molecule has 1 saturated heterocycles. The van der Waals surface area contributed by atoms with Crippen LogP contribution in [0.25, 0.3) is 0 Å². The SMILES string of the molecule is CSC=CC(=O)NCCO[C@@H]1O[C@H](CO)[C@@H](O)[C@H](O)[C@H]1O. The highest BCUT2D eigenvalue weighted by Crippen LogP contribution is 2.21. The Balaban J connectivity index is 2.34. The summed E-state index contributed by atoms with van der Waals surface area (Å²) >= 11 is 1.39. The number of amides is 1. The Kier molecular flexibility index (Phi) is 8.19. The molecule has 5 atom stereocenters. The number of ether oxygens (including phenoxy) is 2. The van der Waals surface area contributed by atoms with Gasteiger partial charge in [0.1, 0.15) is 24.4 Å². The molecule has 21 heavy (non-hydrogen) atoms. The standard InChI is InChI=1S/C12H21NO7S/c1-21-5-2-8(15)13-3-4-19-12-11(18)10(17)9(16)7(6-14)20-12/h2,5,7,9-12,14,16-18H,3-4,6H2,1H3,(H,13,15)/t7-,9-,10+,11-,12-/m1/s1. The molecule has 0 aromatic carbocycles. The fourth-order valence-electron chi connectivity index (χ4n) is 1.74. The number of carbonyl (C=O) groups is 1. The van der Waals surface area contributed by atoms with Crippen LogP contribution in [0.2, 0.25) is 0 Å². The van der Waals surface area contributed by atoms with Crippen molar-refractivity contribution in [3.05, 3.63) is 11.5 Å². The fourth-order valence-corrected chi connectivity index (χ4v) is 2.00. The molecule has 0 bridgehead atoms. The molecule has 1 aliphatic rings. The first-order valence-corrected chi connectivity index (χ1v) is 7.69. The quantitative estimate of drug-likeness (QED) is 0.264. The van der Waals surface area contributed by atoms with E-state index in [2.05, 4.69) is 5.32 Å². The van der Waals surface area contributed by atoms with Gasteiger partial charge < -0.3 is 35.2 Å². The summed E-state index contributed by atoms with van der Waals surface area (Å²) in [5, 5.41) is 42.0. The maximum absolute atomic E-state index is 11.3. The number of nitrogens with one attached hydrogen (secondary N) is 1. The fraction of sp³-hybridized carbons (Fsp3) is 0.750. The molecule has 1 amide bonds. The minimum atomic E-state index is -1.47. The lowest BCUT2D eigenvalue weighted by molar-refractivity contribution is -0.300. The minimum absolute atomic E-state index is 0.0432. The molecular formula is C12H21NO7S. The van der Waals surface area contributed by atoms with E-state index in [-0.39, 0.29) is 19.1 Å². The van der Waals surface area contributed by atoms with Gasteiger partial charge in [-0.15, -0.1) is 11.8 Å². The summed E-state index contributed by atoms with van der Waals surface area (Å²) in [4.78, 5) is 11.3. The number of hydrogen-bond donors (Lipinski definition) is 5. The van der Waals surface area contributed by atoms with Crippen molar-refractivity contribution in [2.75, 3.05) is 26.0 Å². The van der Waals surface area contributed by atoms with Gasteiger partial charge in [-0.25, -0.2) is 0 Å². The average molecular weight is 323 g/mol. The first-order valence-electron chi connectivity index (χ1n) is 6.40. The Morgan fingerprint density at radius 1 is 1.33 bits per heavy atom. The van der Waals surface area contributed by atoms with Crippen LogP contribution in [0.1, 0.15) is 0 Å². The van der Waals surface area contributed by atoms with Gasteiger partial charge in [-0.05, 0) is 11.7 Å². The zero-order chi connectivity index (χ0) is 15.8. The van der Waals surface area contributed by atoms with Crippen LogP contribution in [0.5, 0.6) is 0 Å². The van der Waals surface area contributed by atoms with Gasteiger partial charge in [-0.3, -0.25) is 4.79 Å². The van der Waals surface area contributed by atoms with Crippen molar-refractivity contribution in [1.29, 1.82) is 0 Å². The lowest BCUT2D eigenvalue weighted by atomic mass is 9.99. The third-order valence-corrected chi connectivity index (χ3v) is 3.30. The molecule has 0 aromatic heterocycles. The zero-order valence-electron chi connectivity index (χ0n) is 11.6. The molecule has 1 aliphatic heterocycles. The van der Waals surface area contributed by atoms with Crippen LogP contribution in [-0.2, 0) is 14.3 Å². The predicted octanol–water partition coefficient (Wildman–Crippen LogP) is -2.20. The smallest absolute Gasteiger partial charge is 0.244 e. The first-order chi connectivity index (χ1) is 10.0. The number of carbonyl (C=O) groups excluding carboxylic acids is 1. The van der Waals surface area contributed by atoms with E-state index in [0.29, 0.717) is 0 Å². The number of hydrogen-bond acceptors (Lipinski definition) is 8. The molecule has 1 heterocycles. The predicted molar refractivity (Wildman–Crippen MR) is 75.4 cm³/mol. The van der Waals surface area contributed by atoms with E-state index in [4.69, 9.17) is 14.6 Å². The van der Waals surface area contributed by atoms with Crippen molar-refractivity contribution in [2.24, 2.45) is 0 Å². The second-order valence-corrected chi connectivity index (χ2v) is 5.14. The maximum atomic E-state index is 11.3. The van der Waals surface area contributed by atoms with Crippen LogP contribution in [-0.4, -0.2) is 83.1 Å². The molecular weight excluding hydrogens is 302 g/mol. The first kappa shape index (κ1) is 18.4. The monoisotopic (exact) mass is 323 g/mol. The molecule has 0 aromatic rings. The summed E-state index contributed by atoms with van der Waals surface area (Å²) < 4.78 is 10.3. The molecule has 5 N–H and O–H groups in total. The largest absolute Gasteiger partial charge is 0.394 e. The van der Waals surface area contributed by atoms with Crippen molar-refractivity contribution in [3.8, 4) is 0 Å². The molecule has 122 valence electrons. The molecule has 1 rings (SSSR count). The van der Waals surface area contributed by atoms with Crippen molar-refractivity contribution < 1.29 is 34.7 Å². The topological polar surface area (TPSA) is 128 Å². The number of aliphatic hydroxyl groups is 4. The summed E-state index contributed by atoms with van der Waals surface area (Å²) in [6.45, 7) is -0.283. The molecule has 0 spiro atoms. The van der Waals surface area contributed by atoms with E-state index < -0.39 is 37.3 Å². The van der Waals surface area contributed by atoms with E-state index in [9.17, 15) is 20.1 Å². The highest BCUT2D eigenvalue weighted by Gasteiger charge is 2.43. The van der Waals surface area contributed by atoms with Crippen LogP contribution in [0.4, 0.5) is 0 Å². The van der Waals surface area contributed by atoms with Gasteiger partial charge in [0, 0.05) is 12.6 Å². The van der Waals surface area contributed by atoms with Gasteiger partial charge in [0.05, 0.1) is 13.2 Å². The molecule has 0 aliphatic carbocycles. The second-order valence-electron chi connectivity index (χ2n) is 4.40. The molecule has 8 nitrogen and oxygen atoms in total. The van der Waals surface area contributed by atoms with Gasteiger partial charge in [0.15, 0.2) is 6.29 Å². The van der Waals surface area contributed by atoms with Crippen LogP contribution >= 0.6 is 11.8 Å². The highest BCUT2D eigenvalue weighted by molar-refractivity contribution is 8.01. The van der Waals surface area contributed by atoms with Crippen molar-refractivity contribution in [1.82, 2.24) is 5.32 Å². The Labute approximate surface area is 126 Å². The molecule has 0 radical (unpaired) electrons. The van der Waals surface area contributed by atoms with E-state index in [1.54, 1.807) is 5.41 Å². The average Bonchev–Trinajstić information content (AvgIpc) is 2.49. The van der Waals surface area contributed by atoms with Gasteiger partial charge in [0.2, 0.25) is 5.91 Å². The summed E-state index contributed by atoms with van der Waals surface area (Å²) in [5.41, 5.74) is 0. The van der Waals surface area contributed by atoms with Crippen LogP contribution in [0.15, 0.2) is 11.5 Å². The van der Waals surface area contributed by atoms with Crippen LogP contribution < -0.4 is 5.32 Å². The minimum Gasteiger partial charge on any atom is -0.394 e. The van der Waals surface area contributed by atoms with E-state index in [1.165, 1.54) is 17.8 Å². The molecule has 1 fully saturated rings. The Bertz CT molecular complexity index is 352. The van der Waals surface area contributed by atoms with Crippen LogP contribution in [0, 0.1) is 0 Å². The zero-order valence-corrected chi connectivity index (χ0v) is 12.4. The van der Waals surface area contributed by atoms with E-state index in [0.717, 1.165) is 0 Å². The van der Waals surface area contributed by atoms with Crippen molar-refractivity contribution in [3.63, 3.8) is 0 Å².